The second kappa shape index (κ2) is 10.6. The van der Waals surface area contributed by atoms with Crippen molar-refractivity contribution in [1.82, 2.24) is 20.5 Å². The zero-order chi connectivity index (χ0) is 18.1. The fraction of sp³-hybridized carbons (Fsp3) is 0.667. The number of nitrogens with zero attached hydrogens (tertiary/aromatic N) is 3. The highest BCUT2D eigenvalue weighted by Crippen LogP contribution is 2.23. The summed E-state index contributed by atoms with van der Waals surface area (Å²) in [5.41, 5.74) is 1.15. The van der Waals surface area contributed by atoms with Crippen molar-refractivity contribution in [2.45, 2.75) is 19.2 Å². The third-order valence-electron chi connectivity index (χ3n) is 3.70. The van der Waals surface area contributed by atoms with Crippen LogP contribution < -0.4 is 10.6 Å². The summed E-state index contributed by atoms with van der Waals surface area (Å²) in [6.45, 7) is 7.24. The molecule has 2 heterocycles. The van der Waals surface area contributed by atoms with Crippen LogP contribution in [0.5, 0.6) is 0 Å². The van der Waals surface area contributed by atoms with Crippen molar-refractivity contribution >= 4 is 23.1 Å². The monoisotopic (exact) mass is 387 g/mol. The van der Waals surface area contributed by atoms with E-state index in [9.17, 15) is 10.1 Å². The summed E-state index contributed by atoms with van der Waals surface area (Å²) < 4.78 is 5.37. The number of nitro groups is 1. The normalized spacial score (nSPS) is 16.0. The SMILES string of the molecule is CNC(=C[N+](=O)[O-])NCCSCc1nc(CN2CCOCC2)sc1C. The van der Waals surface area contributed by atoms with Crippen LogP contribution >= 0.6 is 23.1 Å². The lowest BCUT2D eigenvalue weighted by atomic mass is 10.4. The van der Waals surface area contributed by atoms with Gasteiger partial charge in [0.25, 0.3) is 6.20 Å². The van der Waals surface area contributed by atoms with Gasteiger partial charge in [0.05, 0.1) is 30.4 Å². The predicted octanol–water partition coefficient (Wildman–Crippen LogP) is 1.40. The van der Waals surface area contributed by atoms with Gasteiger partial charge in [-0.05, 0) is 6.92 Å². The predicted molar refractivity (Wildman–Crippen MR) is 101 cm³/mol. The van der Waals surface area contributed by atoms with Crippen LogP contribution in [0.15, 0.2) is 12.0 Å². The van der Waals surface area contributed by atoms with Gasteiger partial charge in [0.15, 0.2) is 5.82 Å². The molecule has 1 aromatic rings. The van der Waals surface area contributed by atoms with Crippen molar-refractivity contribution in [3.63, 3.8) is 0 Å². The highest BCUT2D eigenvalue weighted by atomic mass is 32.2. The van der Waals surface area contributed by atoms with Gasteiger partial charge >= 0.3 is 0 Å². The molecule has 0 unspecified atom stereocenters. The lowest BCUT2D eigenvalue weighted by molar-refractivity contribution is -0.404. The summed E-state index contributed by atoms with van der Waals surface area (Å²) in [6.07, 6.45) is 0.938. The van der Waals surface area contributed by atoms with Crippen LogP contribution in [0.4, 0.5) is 0 Å². The number of hydrogen-bond acceptors (Lipinski definition) is 9. The highest BCUT2D eigenvalue weighted by molar-refractivity contribution is 7.98. The van der Waals surface area contributed by atoms with Crippen LogP contribution in [0.3, 0.4) is 0 Å². The highest BCUT2D eigenvalue weighted by Gasteiger charge is 2.14. The molecule has 0 radical (unpaired) electrons. The number of aryl methyl sites for hydroxylation is 1. The van der Waals surface area contributed by atoms with Crippen molar-refractivity contribution < 1.29 is 9.66 Å². The Morgan fingerprint density at radius 2 is 2.28 bits per heavy atom. The molecule has 140 valence electrons. The average molecular weight is 388 g/mol. The molecule has 0 amide bonds. The van der Waals surface area contributed by atoms with Gasteiger partial charge in [-0.1, -0.05) is 0 Å². The minimum absolute atomic E-state index is 0.420. The fourth-order valence-corrected chi connectivity index (χ4v) is 4.32. The summed E-state index contributed by atoms with van der Waals surface area (Å²) in [4.78, 5) is 18.4. The standard InChI is InChI=1S/C15H25N5O3S2/c1-12-13(11-24-8-3-17-14(16-2)9-20(21)22)18-15(25-12)10-19-4-6-23-7-5-19/h9,16-17H,3-8,10-11H2,1-2H3. The molecule has 0 spiro atoms. The number of aromatic nitrogens is 1. The van der Waals surface area contributed by atoms with Crippen LogP contribution in [-0.4, -0.2) is 60.5 Å². The molecule has 1 aromatic heterocycles. The number of ether oxygens (including phenoxy) is 1. The first-order chi connectivity index (χ1) is 12.1. The largest absolute Gasteiger partial charge is 0.379 e. The molecule has 1 aliphatic heterocycles. The van der Waals surface area contributed by atoms with E-state index in [1.54, 1.807) is 30.1 Å². The summed E-state index contributed by atoms with van der Waals surface area (Å²) in [7, 11) is 1.66. The lowest BCUT2D eigenvalue weighted by Crippen LogP contribution is -2.35. The maximum atomic E-state index is 10.5. The van der Waals surface area contributed by atoms with Gasteiger partial charge in [0, 0.05) is 43.1 Å². The molecule has 0 atom stereocenters. The van der Waals surface area contributed by atoms with Crippen LogP contribution in [0.25, 0.3) is 0 Å². The summed E-state index contributed by atoms with van der Waals surface area (Å²) in [6, 6.07) is 0. The van der Waals surface area contributed by atoms with E-state index in [-0.39, 0.29) is 0 Å². The summed E-state index contributed by atoms with van der Waals surface area (Å²) in [5, 5.41) is 17.4. The molecule has 1 aliphatic rings. The van der Waals surface area contributed by atoms with Gasteiger partial charge in [0.1, 0.15) is 5.01 Å². The molecule has 0 saturated carbocycles. The Bertz CT molecular complexity index is 588. The van der Waals surface area contributed by atoms with Crippen molar-refractivity contribution in [2.75, 3.05) is 45.6 Å². The van der Waals surface area contributed by atoms with Gasteiger partial charge < -0.3 is 15.4 Å². The Balaban J connectivity index is 1.71. The molecule has 1 fully saturated rings. The Labute approximate surface area is 156 Å². The number of thioether (sulfide) groups is 1. The Morgan fingerprint density at radius 1 is 1.52 bits per heavy atom. The second-order valence-electron chi connectivity index (χ2n) is 5.56. The molecule has 2 rings (SSSR count). The molecule has 2 N–H and O–H groups in total. The minimum atomic E-state index is -0.472. The molecule has 0 bridgehead atoms. The Morgan fingerprint density at radius 3 is 2.96 bits per heavy atom. The average Bonchev–Trinajstić information content (AvgIpc) is 2.93. The maximum absolute atomic E-state index is 10.5. The van der Waals surface area contributed by atoms with E-state index < -0.39 is 4.92 Å². The first-order valence-electron chi connectivity index (χ1n) is 8.18. The molecular formula is C15H25N5O3S2. The number of hydrogen-bond donors (Lipinski definition) is 2. The van der Waals surface area contributed by atoms with Gasteiger partial charge in [-0.2, -0.15) is 11.8 Å². The molecule has 1 saturated heterocycles. The van der Waals surface area contributed by atoms with Gasteiger partial charge in [0.2, 0.25) is 0 Å². The Kier molecular flexibility index (Phi) is 8.45. The number of morpholine rings is 1. The van der Waals surface area contributed by atoms with Crippen molar-refractivity contribution in [1.29, 1.82) is 0 Å². The van der Waals surface area contributed by atoms with E-state index in [1.807, 2.05) is 0 Å². The zero-order valence-corrected chi connectivity index (χ0v) is 16.3. The quantitative estimate of drug-likeness (QED) is 0.354. The van der Waals surface area contributed by atoms with E-state index in [2.05, 4.69) is 22.5 Å². The second-order valence-corrected chi connectivity index (χ2v) is 7.95. The Hall–Kier alpha value is -1.36. The molecule has 25 heavy (non-hydrogen) atoms. The number of rotatable bonds is 10. The molecule has 0 aliphatic carbocycles. The fourth-order valence-electron chi connectivity index (χ4n) is 2.37. The van der Waals surface area contributed by atoms with E-state index in [4.69, 9.17) is 9.72 Å². The van der Waals surface area contributed by atoms with Crippen LogP contribution in [0, 0.1) is 17.0 Å². The van der Waals surface area contributed by atoms with Crippen molar-refractivity contribution in [3.05, 3.63) is 37.7 Å². The van der Waals surface area contributed by atoms with Gasteiger partial charge in [-0.3, -0.25) is 15.0 Å². The minimum Gasteiger partial charge on any atom is -0.379 e. The maximum Gasteiger partial charge on any atom is 0.274 e. The molecule has 0 aromatic carbocycles. The van der Waals surface area contributed by atoms with E-state index in [1.165, 1.54) is 9.88 Å². The van der Waals surface area contributed by atoms with Crippen LogP contribution in [0.1, 0.15) is 15.6 Å². The first kappa shape index (κ1) is 20.0. The van der Waals surface area contributed by atoms with Crippen LogP contribution in [-0.2, 0) is 17.0 Å². The summed E-state index contributed by atoms with van der Waals surface area (Å²) in [5.74, 6) is 2.14. The molecule has 10 heteroatoms. The smallest absolute Gasteiger partial charge is 0.274 e. The molecule has 8 nitrogen and oxygen atoms in total. The third-order valence-corrected chi connectivity index (χ3v) is 5.67. The lowest BCUT2D eigenvalue weighted by Gasteiger charge is -2.25. The van der Waals surface area contributed by atoms with E-state index in [0.29, 0.717) is 12.4 Å². The third kappa shape index (κ3) is 7.18. The van der Waals surface area contributed by atoms with Gasteiger partial charge in [-0.25, -0.2) is 4.98 Å². The summed E-state index contributed by atoms with van der Waals surface area (Å²) >= 11 is 3.55. The number of thiazole rings is 1. The van der Waals surface area contributed by atoms with E-state index in [0.717, 1.165) is 56.2 Å². The van der Waals surface area contributed by atoms with Crippen LogP contribution in [0.2, 0.25) is 0 Å². The molecular weight excluding hydrogens is 362 g/mol. The topological polar surface area (TPSA) is 92.6 Å². The first-order valence-corrected chi connectivity index (χ1v) is 10.2. The van der Waals surface area contributed by atoms with Gasteiger partial charge in [-0.15, -0.1) is 11.3 Å². The van der Waals surface area contributed by atoms with E-state index >= 15 is 0 Å². The van der Waals surface area contributed by atoms with Crippen molar-refractivity contribution in [2.24, 2.45) is 0 Å². The van der Waals surface area contributed by atoms with Crippen molar-refractivity contribution in [3.8, 4) is 0 Å². The number of nitrogens with one attached hydrogen (secondary N) is 2. The zero-order valence-electron chi connectivity index (χ0n) is 14.6.